The number of nitrogens with one attached hydrogen (secondary N) is 2. The van der Waals surface area contributed by atoms with Crippen molar-refractivity contribution in [2.24, 2.45) is 0 Å². The quantitative estimate of drug-likeness (QED) is 0.808. The number of carbonyl (C=O) groups excluding carboxylic acids is 2. The first-order valence-electron chi connectivity index (χ1n) is 4.97. The standard InChI is InChI=1S/C11H14ClN3O2/c1-15(2)9-5-3-8(4-6-9)13-11(17)14-10(16)7-12/h3-6H,7H2,1-2H3,(H2,13,14,16,17). The number of rotatable bonds is 3. The molecule has 1 aromatic carbocycles. The minimum Gasteiger partial charge on any atom is -0.378 e. The van der Waals surface area contributed by atoms with Crippen LogP contribution in [0.2, 0.25) is 0 Å². The minimum atomic E-state index is -0.590. The van der Waals surface area contributed by atoms with E-state index in [-0.39, 0.29) is 5.88 Å². The highest BCUT2D eigenvalue weighted by atomic mass is 35.5. The number of urea groups is 1. The van der Waals surface area contributed by atoms with Crippen molar-refractivity contribution in [3.05, 3.63) is 24.3 Å². The summed E-state index contributed by atoms with van der Waals surface area (Å²) in [6.07, 6.45) is 0. The van der Waals surface area contributed by atoms with Crippen molar-refractivity contribution in [1.29, 1.82) is 0 Å². The van der Waals surface area contributed by atoms with Crippen LogP contribution >= 0.6 is 11.6 Å². The third-order valence-corrected chi connectivity index (χ3v) is 2.26. The second kappa shape index (κ2) is 6.10. The Morgan fingerprint density at radius 2 is 1.82 bits per heavy atom. The lowest BCUT2D eigenvalue weighted by atomic mass is 10.2. The third-order valence-electron chi connectivity index (χ3n) is 2.02. The number of amides is 3. The summed E-state index contributed by atoms with van der Waals surface area (Å²) in [5.41, 5.74) is 1.63. The number of carbonyl (C=O) groups is 2. The van der Waals surface area contributed by atoms with Crippen LogP contribution in [0.5, 0.6) is 0 Å². The Labute approximate surface area is 105 Å². The Hall–Kier alpha value is -1.75. The van der Waals surface area contributed by atoms with Crippen molar-refractivity contribution in [1.82, 2.24) is 5.32 Å². The minimum absolute atomic E-state index is 0.243. The predicted molar refractivity (Wildman–Crippen MR) is 68.7 cm³/mol. The van der Waals surface area contributed by atoms with E-state index in [0.717, 1.165) is 5.69 Å². The summed E-state index contributed by atoms with van der Waals surface area (Å²) in [4.78, 5) is 24.1. The fourth-order valence-electron chi connectivity index (χ4n) is 1.17. The average molecular weight is 256 g/mol. The summed E-state index contributed by atoms with van der Waals surface area (Å²) >= 11 is 5.26. The van der Waals surface area contributed by atoms with Crippen LogP contribution in [0, 0.1) is 0 Å². The van der Waals surface area contributed by atoms with Gasteiger partial charge in [-0.2, -0.15) is 0 Å². The van der Waals surface area contributed by atoms with E-state index in [1.807, 2.05) is 31.1 Å². The van der Waals surface area contributed by atoms with Gasteiger partial charge in [-0.25, -0.2) is 4.79 Å². The average Bonchev–Trinajstić information content (AvgIpc) is 2.29. The zero-order valence-corrected chi connectivity index (χ0v) is 10.4. The molecule has 0 saturated heterocycles. The molecule has 92 valence electrons. The normalized spacial score (nSPS) is 9.59. The van der Waals surface area contributed by atoms with Gasteiger partial charge >= 0.3 is 6.03 Å². The number of imide groups is 1. The molecule has 0 fully saturated rings. The van der Waals surface area contributed by atoms with Crippen LogP contribution in [0.25, 0.3) is 0 Å². The van der Waals surface area contributed by atoms with Gasteiger partial charge in [0.2, 0.25) is 5.91 Å². The van der Waals surface area contributed by atoms with E-state index in [9.17, 15) is 9.59 Å². The molecule has 0 unspecified atom stereocenters. The molecular weight excluding hydrogens is 242 g/mol. The molecule has 0 aromatic heterocycles. The van der Waals surface area contributed by atoms with Crippen molar-refractivity contribution in [3.63, 3.8) is 0 Å². The maximum absolute atomic E-state index is 11.3. The number of alkyl halides is 1. The molecule has 0 bridgehead atoms. The van der Waals surface area contributed by atoms with Crippen molar-refractivity contribution in [3.8, 4) is 0 Å². The van der Waals surface area contributed by atoms with Gasteiger partial charge in [-0.3, -0.25) is 10.1 Å². The largest absolute Gasteiger partial charge is 0.378 e. The summed E-state index contributed by atoms with van der Waals surface area (Å²) in [6.45, 7) is 0. The van der Waals surface area contributed by atoms with Crippen molar-refractivity contribution >= 4 is 34.9 Å². The third kappa shape index (κ3) is 4.32. The lowest BCUT2D eigenvalue weighted by Gasteiger charge is -2.13. The molecule has 0 aliphatic rings. The molecule has 6 heteroatoms. The summed E-state index contributed by atoms with van der Waals surface area (Å²) < 4.78 is 0. The molecule has 0 spiro atoms. The van der Waals surface area contributed by atoms with E-state index in [4.69, 9.17) is 11.6 Å². The number of benzene rings is 1. The van der Waals surface area contributed by atoms with E-state index < -0.39 is 11.9 Å². The Kier molecular flexibility index (Phi) is 4.78. The molecule has 2 N–H and O–H groups in total. The van der Waals surface area contributed by atoms with Crippen molar-refractivity contribution < 1.29 is 9.59 Å². The van der Waals surface area contributed by atoms with E-state index >= 15 is 0 Å². The lowest BCUT2D eigenvalue weighted by Crippen LogP contribution is -2.35. The number of hydrogen-bond donors (Lipinski definition) is 2. The molecule has 1 aromatic rings. The van der Waals surface area contributed by atoms with Gasteiger partial charge in [-0.1, -0.05) is 0 Å². The predicted octanol–water partition coefficient (Wildman–Crippen LogP) is 1.64. The zero-order valence-electron chi connectivity index (χ0n) is 9.66. The van der Waals surface area contributed by atoms with Crippen LogP contribution in [-0.2, 0) is 4.79 Å². The highest BCUT2D eigenvalue weighted by Crippen LogP contribution is 2.15. The molecule has 17 heavy (non-hydrogen) atoms. The van der Waals surface area contributed by atoms with Gasteiger partial charge in [0.1, 0.15) is 5.88 Å². The van der Waals surface area contributed by atoms with E-state index in [1.54, 1.807) is 12.1 Å². The molecule has 0 radical (unpaired) electrons. The van der Waals surface area contributed by atoms with Crippen LogP contribution in [-0.4, -0.2) is 31.9 Å². The molecule has 3 amide bonds. The first kappa shape index (κ1) is 13.3. The molecule has 0 atom stereocenters. The van der Waals surface area contributed by atoms with Crippen molar-refractivity contribution in [2.75, 3.05) is 30.2 Å². The first-order valence-corrected chi connectivity index (χ1v) is 5.50. The summed E-state index contributed by atoms with van der Waals surface area (Å²) in [5.74, 6) is -0.776. The second-order valence-electron chi connectivity index (χ2n) is 3.58. The first-order chi connectivity index (χ1) is 8.02. The van der Waals surface area contributed by atoms with Gasteiger partial charge < -0.3 is 10.2 Å². The highest BCUT2D eigenvalue weighted by Gasteiger charge is 2.06. The van der Waals surface area contributed by atoms with Crippen molar-refractivity contribution in [2.45, 2.75) is 0 Å². The second-order valence-corrected chi connectivity index (χ2v) is 3.84. The zero-order chi connectivity index (χ0) is 12.8. The van der Waals surface area contributed by atoms with Gasteiger partial charge in [-0.05, 0) is 24.3 Å². The van der Waals surface area contributed by atoms with Crippen LogP contribution < -0.4 is 15.5 Å². The van der Waals surface area contributed by atoms with Gasteiger partial charge in [-0.15, -0.1) is 11.6 Å². The summed E-state index contributed by atoms with van der Waals surface area (Å²) in [5, 5.41) is 4.61. The molecule has 1 rings (SSSR count). The van der Waals surface area contributed by atoms with E-state index in [1.165, 1.54) is 0 Å². The summed E-state index contributed by atoms with van der Waals surface area (Å²) in [7, 11) is 3.85. The topological polar surface area (TPSA) is 61.4 Å². The van der Waals surface area contributed by atoms with Crippen LogP contribution in [0.4, 0.5) is 16.2 Å². The Morgan fingerprint density at radius 3 is 2.29 bits per heavy atom. The number of nitrogens with zero attached hydrogens (tertiary/aromatic N) is 1. The van der Waals surface area contributed by atoms with Gasteiger partial charge in [0.25, 0.3) is 0 Å². The van der Waals surface area contributed by atoms with E-state index in [2.05, 4.69) is 10.6 Å². The SMILES string of the molecule is CN(C)c1ccc(NC(=O)NC(=O)CCl)cc1. The lowest BCUT2D eigenvalue weighted by molar-refractivity contribution is -0.117. The highest BCUT2D eigenvalue weighted by molar-refractivity contribution is 6.28. The number of hydrogen-bond acceptors (Lipinski definition) is 3. The maximum atomic E-state index is 11.3. The van der Waals surface area contributed by atoms with E-state index in [0.29, 0.717) is 5.69 Å². The summed E-state index contributed by atoms with van der Waals surface area (Å²) in [6, 6.07) is 6.63. The van der Waals surface area contributed by atoms with Gasteiger partial charge in [0.05, 0.1) is 0 Å². The molecule has 5 nitrogen and oxygen atoms in total. The Balaban J connectivity index is 2.57. The van der Waals surface area contributed by atoms with Gasteiger partial charge in [0.15, 0.2) is 0 Å². The monoisotopic (exact) mass is 255 g/mol. The maximum Gasteiger partial charge on any atom is 0.325 e. The molecule has 0 aliphatic carbocycles. The number of halogens is 1. The Morgan fingerprint density at radius 1 is 1.24 bits per heavy atom. The molecule has 0 aliphatic heterocycles. The molecule has 0 heterocycles. The van der Waals surface area contributed by atoms with Gasteiger partial charge in [0, 0.05) is 25.5 Å². The fraction of sp³-hybridized carbons (Fsp3) is 0.273. The van der Waals surface area contributed by atoms with Crippen LogP contribution in [0.15, 0.2) is 24.3 Å². The molecular formula is C11H14ClN3O2. The smallest absolute Gasteiger partial charge is 0.325 e. The number of anilines is 2. The van der Waals surface area contributed by atoms with Crippen LogP contribution in [0.1, 0.15) is 0 Å². The van der Waals surface area contributed by atoms with Crippen LogP contribution in [0.3, 0.4) is 0 Å². The molecule has 0 saturated carbocycles. The fourth-order valence-corrected chi connectivity index (χ4v) is 1.23. The Bertz CT molecular complexity index is 404.